The van der Waals surface area contributed by atoms with Crippen LogP contribution in [0.15, 0.2) is 73.3 Å². The topological polar surface area (TPSA) is 63.0 Å². The molecule has 3 aliphatic heterocycles. The number of hydrogen-bond acceptors (Lipinski definition) is 4. The number of rotatable bonds is 6. The minimum absolute atomic E-state index is 0.00678. The van der Waals surface area contributed by atoms with Crippen molar-refractivity contribution in [2.45, 2.75) is 45.7 Å². The highest BCUT2D eigenvalue weighted by Gasteiger charge is 2.34. The molecule has 2 aromatic rings. The monoisotopic (exact) mass is 527 g/mol. The van der Waals surface area contributed by atoms with E-state index in [2.05, 4.69) is 53.9 Å². The second-order valence-electron chi connectivity index (χ2n) is 10.6. The molecule has 0 bridgehead atoms. The number of piperidine rings is 1. The molecular formula is C31H39N6O2+. The average Bonchev–Trinajstić information content (AvgIpc) is 3.11. The summed E-state index contributed by atoms with van der Waals surface area (Å²) in [6, 6.07) is 14.3. The minimum atomic E-state index is -0.0617. The number of carbonyl (C=O) groups excluding carboxylic acids is 2. The largest absolute Gasteiger partial charge is 0.374 e. The number of likely N-dealkylation sites (tertiary alicyclic amines) is 1. The zero-order valence-electron chi connectivity index (χ0n) is 23.3. The Kier molecular flexibility index (Phi) is 7.46. The number of pyridine rings is 1. The Hall–Kier alpha value is -4.07. The summed E-state index contributed by atoms with van der Waals surface area (Å²) in [6.45, 7) is 16.5. The van der Waals surface area contributed by atoms with E-state index in [1.807, 2.05) is 46.3 Å². The van der Waals surface area contributed by atoms with Gasteiger partial charge in [0.25, 0.3) is 5.91 Å². The number of benzene rings is 1. The lowest BCUT2D eigenvalue weighted by molar-refractivity contribution is -0.701. The number of para-hydroxylation sites is 1. The van der Waals surface area contributed by atoms with Gasteiger partial charge >= 0.3 is 6.03 Å². The molecule has 5 rings (SSSR count). The van der Waals surface area contributed by atoms with Crippen LogP contribution in [-0.4, -0.2) is 70.8 Å². The van der Waals surface area contributed by atoms with Crippen LogP contribution in [0.3, 0.4) is 0 Å². The van der Waals surface area contributed by atoms with E-state index in [4.69, 9.17) is 0 Å². The van der Waals surface area contributed by atoms with E-state index in [1.54, 1.807) is 11.9 Å². The molecule has 1 aromatic carbocycles. The number of aryl methyl sites for hydroxylation is 1. The Balaban J connectivity index is 1.25. The zero-order valence-corrected chi connectivity index (χ0v) is 23.3. The molecule has 3 amide bonds. The molecule has 1 fully saturated rings. The third-order valence-corrected chi connectivity index (χ3v) is 8.29. The summed E-state index contributed by atoms with van der Waals surface area (Å²) in [6.07, 6.45) is 4.56. The number of anilines is 1. The normalized spacial score (nSPS) is 18.5. The van der Waals surface area contributed by atoms with Gasteiger partial charge in [-0.1, -0.05) is 31.4 Å². The van der Waals surface area contributed by atoms with Gasteiger partial charge < -0.3 is 20.0 Å². The third kappa shape index (κ3) is 5.15. The summed E-state index contributed by atoms with van der Waals surface area (Å²) in [7, 11) is 1.77. The molecule has 0 saturated carbocycles. The highest BCUT2D eigenvalue weighted by molar-refractivity contribution is 6.19. The number of carbonyl (C=O) groups is 2. The van der Waals surface area contributed by atoms with Gasteiger partial charge in [0.1, 0.15) is 17.9 Å². The van der Waals surface area contributed by atoms with Crippen molar-refractivity contribution in [3.63, 3.8) is 0 Å². The molecule has 0 radical (unpaired) electrons. The summed E-state index contributed by atoms with van der Waals surface area (Å²) in [4.78, 5) is 34.2. The highest BCUT2D eigenvalue weighted by Crippen LogP contribution is 2.28. The van der Waals surface area contributed by atoms with Gasteiger partial charge in [-0.3, -0.25) is 9.69 Å². The van der Waals surface area contributed by atoms with Crippen LogP contribution in [-0.2, 0) is 17.8 Å². The van der Waals surface area contributed by atoms with Gasteiger partial charge in [0.15, 0.2) is 5.69 Å². The van der Waals surface area contributed by atoms with E-state index in [1.165, 1.54) is 5.56 Å². The molecule has 1 aromatic heterocycles. The molecule has 0 unspecified atom stereocenters. The molecule has 1 saturated heterocycles. The fourth-order valence-corrected chi connectivity index (χ4v) is 5.92. The number of hydrogen-bond donors (Lipinski definition) is 1. The summed E-state index contributed by atoms with van der Waals surface area (Å²) in [5.74, 6) is 0.574. The molecule has 8 heteroatoms. The van der Waals surface area contributed by atoms with E-state index >= 15 is 0 Å². The Morgan fingerprint density at radius 1 is 1.08 bits per heavy atom. The molecule has 39 heavy (non-hydrogen) atoms. The summed E-state index contributed by atoms with van der Waals surface area (Å²) < 4.78 is 2.15. The van der Waals surface area contributed by atoms with E-state index in [9.17, 15) is 9.59 Å². The maximum absolute atomic E-state index is 13.2. The second kappa shape index (κ2) is 11.0. The van der Waals surface area contributed by atoms with E-state index < -0.39 is 0 Å². The summed E-state index contributed by atoms with van der Waals surface area (Å²) >= 11 is 0. The number of nitrogens with zero attached hydrogens (tertiary/aromatic N) is 5. The first-order valence-corrected chi connectivity index (χ1v) is 13.8. The SMILES string of the molecule is C=C(CN1C=C(c2cccc(C)[n+]2CC)C(=O)N(C)C1=C)N1CCC(N2CCc3ccccc3NC2=O)CC1. The molecule has 1 N–H and O–H groups in total. The lowest BCUT2D eigenvalue weighted by Crippen LogP contribution is -2.49. The smallest absolute Gasteiger partial charge is 0.322 e. The van der Waals surface area contributed by atoms with Crippen LogP contribution >= 0.6 is 0 Å². The van der Waals surface area contributed by atoms with Gasteiger partial charge in [0.05, 0.1) is 6.54 Å². The number of likely N-dealkylation sites (N-methyl/N-ethyl adjacent to an activating group) is 1. The zero-order chi connectivity index (χ0) is 27.7. The van der Waals surface area contributed by atoms with Crippen LogP contribution in [0, 0.1) is 6.92 Å². The van der Waals surface area contributed by atoms with E-state index in [-0.39, 0.29) is 18.0 Å². The number of fused-ring (bicyclic) bond motifs is 1. The fourth-order valence-electron chi connectivity index (χ4n) is 5.92. The van der Waals surface area contributed by atoms with Crippen LogP contribution in [0.1, 0.15) is 36.7 Å². The van der Waals surface area contributed by atoms with Gasteiger partial charge in [0, 0.05) is 69.4 Å². The van der Waals surface area contributed by atoms with Gasteiger partial charge in [-0.25, -0.2) is 4.79 Å². The van der Waals surface area contributed by atoms with Crippen molar-refractivity contribution in [2.75, 3.05) is 38.5 Å². The number of aromatic nitrogens is 1. The Morgan fingerprint density at radius 2 is 1.82 bits per heavy atom. The van der Waals surface area contributed by atoms with Gasteiger partial charge in [-0.15, -0.1) is 0 Å². The first-order chi connectivity index (χ1) is 18.8. The molecule has 0 aliphatic carbocycles. The lowest BCUT2D eigenvalue weighted by atomic mass is 10.0. The molecule has 8 nitrogen and oxygen atoms in total. The molecule has 0 atom stereocenters. The fraction of sp³-hybridized carbons (Fsp3) is 0.387. The number of urea groups is 1. The summed E-state index contributed by atoms with van der Waals surface area (Å²) in [5.41, 5.74) is 5.74. The van der Waals surface area contributed by atoms with Crippen molar-refractivity contribution in [2.24, 2.45) is 0 Å². The van der Waals surface area contributed by atoms with Gasteiger partial charge in [-0.05, 0) is 43.9 Å². The van der Waals surface area contributed by atoms with Crippen molar-refractivity contribution >= 4 is 23.2 Å². The molecule has 4 heterocycles. The Morgan fingerprint density at radius 3 is 2.56 bits per heavy atom. The lowest BCUT2D eigenvalue weighted by Gasteiger charge is -2.41. The Bertz CT molecular complexity index is 1340. The van der Waals surface area contributed by atoms with Crippen molar-refractivity contribution in [1.29, 1.82) is 0 Å². The van der Waals surface area contributed by atoms with E-state index in [0.29, 0.717) is 17.9 Å². The van der Waals surface area contributed by atoms with Crippen molar-refractivity contribution in [3.05, 3.63) is 90.3 Å². The maximum atomic E-state index is 13.2. The van der Waals surface area contributed by atoms with Crippen LogP contribution in [0.5, 0.6) is 0 Å². The highest BCUT2D eigenvalue weighted by atomic mass is 16.2. The molecule has 0 spiro atoms. The molecule has 204 valence electrons. The standard InChI is InChI=1S/C31H38N6O2/c1-6-36-22(2)10-9-13-29(36)27-21-35(24(4)33(5)30(27)38)20-23(3)34-17-15-26(16-18-34)37-19-14-25-11-7-8-12-28(25)32-31(37)39/h7-13,21,26H,3-4,6,14-20H2,1-2,5H3/p+1. The summed E-state index contributed by atoms with van der Waals surface area (Å²) in [5, 5.41) is 3.10. The minimum Gasteiger partial charge on any atom is -0.374 e. The number of amides is 3. The van der Waals surface area contributed by atoms with Crippen LogP contribution in [0.2, 0.25) is 0 Å². The van der Waals surface area contributed by atoms with Gasteiger partial charge in [-0.2, -0.15) is 4.57 Å². The van der Waals surface area contributed by atoms with Crippen LogP contribution in [0.25, 0.3) is 5.57 Å². The predicted molar refractivity (Wildman–Crippen MR) is 153 cm³/mol. The average molecular weight is 528 g/mol. The molecular weight excluding hydrogens is 488 g/mol. The van der Waals surface area contributed by atoms with Gasteiger partial charge in [0.2, 0.25) is 5.69 Å². The first kappa shape index (κ1) is 26.5. The van der Waals surface area contributed by atoms with Crippen molar-refractivity contribution in [3.8, 4) is 0 Å². The molecule has 3 aliphatic rings. The Labute approximate surface area is 231 Å². The quantitative estimate of drug-likeness (QED) is 0.578. The first-order valence-electron chi connectivity index (χ1n) is 13.8. The van der Waals surface area contributed by atoms with Crippen molar-refractivity contribution < 1.29 is 14.2 Å². The number of nitrogens with one attached hydrogen (secondary N) is 1. The van der Waals surface area contributed by atoms with Crippen molar-refractivity contribution in [1.82, 2.24) is 19.6 Å². The predicted octanol–water partition coefficient (Wildman–Crippen LogP) is 3.96. The second-order valence-corrected chi connectivity index (χ2v) is 10.6. The maximum Gasteiger partial charge on any atom is 0.322 e. The third-order valence-electron chi connectivity index (χ3n) is 8.29. The van der Waals surface area contributed by atoms with Crippen LogP contribution in [0.4, 0.5) is 10.5 Å². The van der Waals surface area contributed by atoms with Crippen LogP contribution < -0.4 is 9.88 Å². The van der Waals surface area contributed by atoms with E-state index in [0.717, 1.165) is 68.2 Å².